The van der Waals surface area contributed by atoms with Crippen molar-refractivity contribution in [3.63, 3.8) is 0 Å². The fourth-order valence-corrected chi connectivity index (χ4v) is 2.28. The van der Waals surface area contributed by atoms with Gasteiger partial charge in [-0.15, -0.1) is 0 Å². The van der Waals surface area contributed by atoms with E-state index in [0.717, 1.165) is 0 Å². The molecule has 4 unspecified atom stereocenters. The highest BCUT2D eigenvalue weighted by Gasteiger charge is 2.42. The number of ether oxygens (including phenoxy) is 2. The van der Waals surface area contributed by atoms with Gasteiger partial charge in [-0.1, -0.05) is 0 Å². The molecular formula is C14H24N2O8. The Bertz CT molecular complexity index is 472. The predicted molar refractivity (Wildman–Crippen MR) is 80.0 cm³/mol. The molecule has 10 nitrogen and oxygen atoms in total. The molecule has 0 aromatic heterocycles. The minimum Gasteiger partial charge on any atom is -0.480 e. The Balaban J connectivity index is 2.78. The number of amides is 2. The van der Waals surface area contributed by atoms with Crippen molar-refractivity contribution in [3.8, 4) is 0 Å². The van der Waals surface area contributed by atoms with Crippen LogP contribution in [0.25, 0.3) is 0 Å². The molecule has 6 atom stereocenters. The Morgan fingerprint density at radius 1 is 1.33 bits per heavy atom. The third kappa shape index (κ3) is 5.41. The minimum atomic E-state index is -1.27. The van der Waals surface area contributed by atoms with E-state index in [4.69, 9.17) is 14.6 Å². The number of aliphatic hydroxyl groups is 2. The van der Waals surface area contributed by atoms with Gasteiger partial charge in [0.05, 0.1) is 19.3 Å². The maximum absolute atomic E-state index is 12.0. The molecule has 0 aromatic carbocycles. The van der Waals surface area contributed by atoms with Gasteiger partial charge in [-0.2, -0.15) is 0 Å². The van der Waals surface area contributed by atoms with Crippen molar-refractivity contribution < 1.29 is 39.2 Å². The summed E-state index contributed by atoms with van der Waals surface area (Å²) in [7, 11) is 0. The third-order valence-electron chi connectivity index (χ3n) is 3.63. The van der Waals surface area contributed by atoms with Crippen LogP contribution in [0.3, 0.4) is 0 Å². The highest BCUT2D eigenvalue weighted by atomic mass is 16.6. The number of nitrogens with one attached hydrogen (secondary N) is 2. The fraction of sp³-hybridized carbons (Fsp3) is 0.786. The smallest absolute Gasteiger partial charge is 0.325 e. The zero-order chi connectivity index (χ0) is 18.4. The fourth-order valence-electron chi connectivity index (χ4n) is 2.28. The van der Waals surface area contributed by atoms with Gasteiger partial charge in [0.25, 0.3) is 0 Å². The van der Waals surface area contributed by atoms with Crippen molar-refractivity contribution in [1.82, 2.24) is 10.6 Å². The molecule has 0 aromatic rings. The molecule has 138 valence electrons. The van der Waals surface area contributed by atoms with Gasteiger partial charge in [0.2, 0.25) is 11.8 Å². The second kappa shape index (κ2) is 8.92. The first-order valence-electron chi connectivity index (χ1n) is 7.53. The van der Waals surface area contributed by atoms with Crippen LogP contribution in [-0.2, 0) is 23.9 Å². The summed E-state index contributed by atoms with van der Waals surface area (Å²) in [4.78, 5) is 34.0. The normalized spacial score (nSPS) is 29.4. The Morgan fingerprint density at radius 3 is 2.46 bits per heavy atom. The Hall–Kier alpha value is -1.75. The van der Waals surface area contributed by atoms with Gasteiger partial charge in [-0.25, -0.2) is 0 Å². The molecule has 0 spiro atoms. The van der Waals surface area contributed by atoms with Crippen molar-refractivity contribution >= 4 is 17.8 Å². The van der Waals surface area contributed by atoms with Crippen LogP contribution < -0.4 is 10.6 Å². The van der Waals surface area contributed by atoms with Gasteiger partial charge >= 0.3 is 5.97 Å². The van der Waals surface area contributed by atoms with Crippen LogP contribution in [0.2, 0.25) is 0 Å². The molecule has 2 amide bonds. The summed E-state index contributed by atoms with van der Waals surface area (Å²) in [6, 6.07) is -1.81. The van der Waals surface area contributed by atoms with Crippen molar-refractivity contribution in [1.29, 1.82) is 0 Å². The number of carbonyl (C=O) groups is 3. The molecule has 1 heterocycles. The van der Waals surface area contributed by atoms with Gasteiger partial charge in [-0.3, -0.25) is 14.4 Å². The third-order valence-corrected chi connectivity index (χ3v) is 3.63. The molecule has 1 aliphatic rings. The standard InChI is InChI=1S/C14H24N2O8/c1-6(14(21)22)15-13(20)7(2)24-12-9(16-8(3)18)5-23-10(4-17)11(12)19/h6-7,9-12,17,19H,4-5H2,1-3H3,(H,15,20)(H,16,18)(H,21,22)/t6-,7+,9?,10?,11?,12?/m0/s1. The Kier molecular flexibility index (Phi) is 7.55. The Morgan fingerprint density at radius 2 is 1.96 bits per heavy atom. The largest absolute Gasteiger partial charge is 0.480 e. The zero-order valence-electron chi connectivity index (χ0n) is 13.8. The van der Waals surface area contributed by atoms with E-state index < -0.39 is 55.0 Å². The SMILES string of the molecule is CC(=O)NC1COC(CO)C(O)C1O[C@H](C)C(=O)N[C@@H](C)C(=O)O. The lowest BCUT2D eigenvalue weighted by Crippen LogP contribution is -2.62. The van der Waals surface area contributed by atoms with E-state index in [1.807, 2.05) is 0 Å². The zero-order valence-corrected chi connectivity index (χ0v) is 13.8. The number of carbonyl (C=O) groups excluding carboxylic acids is 2. The van der Waals surface area contributed by atoms with Crippen LogP contribution in [-0.4, -0.2) is 82.8 Å². The van der Waals surface area contributed by atoms with Crippen LogP contribution >= 0.6 is 0 Å². The minimum absolute atomic E-state index is 0.00754. The van der Waals surface area contributed by atoms with Crippen LogP contribution in [0.5, 0.6) is 0 Å². The highest BCUT2D eigenvalue weighted by molar-refractivity contribution is 5.85. The number of hydrogen-bond acceptors (Lipinski definition) is 7. The molecule has 1 fully saturated rings. The molecule has 0 radical (unpaired) electrons. The monoisotopic (exact) mass is 348 g/mol. The number of aliphatic hydroxyl groups excluding tert-OH is 2. The van der Waals surface area contributed by atoms with E-state index in [2.05, 4.69) is 10.6 Å². The van der Waals surface area contributed by atoms with Crippen molar-refractivity contribution in [2.24, 2.45) is 0 Å². The molecule has 0 bridgehead atoms. The molecule has 0 aliphatic carbocycles. The number of hydrogen-bond donors (Lipinski definition) is 5. The Labute approximate surface area is 139 Å². The maximum Gasteiger partial charge on any atom is 0.325 e. The van der Waals surface area contributed by atoms with E-state index in [-0.39, 0.29) is 12.5 Å². The van der Waals surface area contributed by atoms with Gasteiger partial charge in [0, 0.05) is 6.92 Å². The topological polar surface area (TPSA) is 154 Å². The van der Waals surface area contributed by atoms with Gasteiger partial charge in [-0.05, 0) is 13.8 Å². The summed E-state index contributed by atoms with van der Waals surface area (Å²) in [6.07, 6.45) is -4.26. The van der Waals surface area contributed by atoms with Crippen molar-refractivity contribution in [3.05, 3.63) is 0 Å². The van der Waals surface area contributed by atoms with Crippen LogP contribution in [0.4, 0.5) is 0 Å². The quantitative estimate of drug-likeness (QED) is 0.341. The summed E-state index contributed by atoms with van der Waals surface area (Å²) < 4.78 is 10.8. The van der Waals surface area contributed by atoms with Crippen molar-refractivity contribution in [2.75, 3.05) is 13.2 Å². The average Bonchev–Trinajstić information content (AvgIpc) is 2.50. The highest BCUT2D eigenvalue weighted by Crippen LogP contribution is 2.20. The lowest BCUT2D eigenvalue weighted by atomic mass is 9.97. The summed E-state index contributed by atoms with van der Waals surface area (Å²) in [5.74, 6) is -2.24. The first kappa shape index (κ1) is 20.3. The average molecular weight is 348 g/mol. The maximum atomic E-state index is 12.0. The molecule has 24 heavy (non-hydrogen) atoms. The molecule has 0 saturated carbocycles. The second-order valence-electron chi connectivity index (χ2n) is 5.66. The van der Waals surface area contributed by atoms with E-state index in [9.17, 15) is 24.6 Å². The lowest BCUT2D eigenvalue weighted by molar-refractivity contribution is -0.193. The summed E-state index contributed by atoms with van der Waals surface area (Å²) >= 11 is 0. The van der Waals surface area contributed by atoms with E-state index >= 15 is 0 Å². The van der Waals surface area contributed by atoms with Crippen molar-refractivity contribution in [2.45, 2.75) is 57.3 Å². The number of carboxylic acids is 1. The first-order chi connectivity index (χ1) is 11.2. The molecule has 1 saturated heterocycles. The van der Waals surface area contributed by atoms with Gasteiger partial charge < -0.3 is 35.4 Å². The number of carboxylic acid groups (broad SMARTS) is 1. The first-order valence-corrected chi connectivity index (χ1v) is 7.53. The van der Waals surface area contributed by atoms with E-state index in [0.29, 0.717) is 0 Å². The summed E-state index contributed by atoms with van der Waals surface area (Å²) in [5.41, 5.74) is 0. The van der Waals surface area contributed by atoms with Gasteiger partial charge in [0.1, 0.15) is 30.5 Å². The molecular weight excluding hydrogens is 324 g/mol. The molecule has 5 N–H and O–H groups in total. The predicted octanol–water partition coefficient (Wildman–Crippen LogP) is -2.39. The van der Waals surface area contributed by atoms with E-state index in [1.165, 1.54) is 20.8 Å². The molecule has 1 rings (SSSR count). The van der Waals surface area contributed by atoms with E-state index in [1.54, 1.807) is 0 Å². The number of aliphatic carboxylic acids is 1. The van der Waals surface area contributed by atoms with Gasteiger partial charge in [0.15, 0.2) is 0 Å². The second-order valence-corrected chi connectivity index (χ2v) is 5.66. The summed E-state index contributed by atoms with van der Waals surface area (Å²) in [5, 5.41) is 33.0. The molecule has 10 heteroatoms. The van der Waals surface area contributed by atoms with Crippen LogP contribution in [0, 0.1) is 0 Å². The van der Waals surface area contributed by atoms with Crippen LogP contribution in [0.1, 0.15) is 20.8 Å². The summed E-state index contributed by atoms with van der Waals surface area (Å²) in [6.45, 7) is 3.52. The lowest BCUT2D eigenvalue weighted by Gasteiger charge is -2.40. The van der Waals surface area contributed by atoms with Crippen LogP contribution in [0.15, 0.2) is 0 Å². The molecule has 1 aliphatic heterocycles. The number of rotatable bonds is 7.